The SMILES string of the molecule is CC[C@H](C)c1ccccc1NC(=O)C[NH+](C)Cc1ccc(F)cc1. The van der Waals surface area contributed by atoms with Gasteiger partial charge in [0.25, 0.3) is 5.91 Å². The van der Waals surface area contributed by atoms with Crippen LogP contribution < -0.4 is 10.2 Å². The van der Waals surface area contributed by atoms with Gasteiger partial charge in [-0.1, -0.05) is 44.2 Å². The molecular formula is C20H26FN2O+. The molecule has 0 aromatic heterocycles. The van der Waals surface area contributed by atoms with E-state index < -0.39 is 0 Å². The van der Waals surface area contributed by atoms with Gasteiger partial charge in [-0.2, -0.15) is 0 Å². The quantitative estimate of drug-likeness (QED) is 0.804. The zero-order valence-corrected chi connectivity index (χ0v) is 14.6. The van der Waals surface area contributed by atoms with Gasteiger partial charge in [0.15, 0.2) is 6.54 Å². The molecule has 0 saturated heterocycles. The smallest absolute Gasteiger partial charge is 0.279 e. The second-order valence-corrected chi connectivity index (χ2v) is 6.38. The molecule has 2 rings (SSSR count). The molecule has 24 heavy (non-hydrogen) atoms. The lowest BCUT2D eigenvalue weighted by Gasteiger charge is -2.17. The highest BCUT2D eigenvalue weighted by molar-refractivity contribution is 5.92. The average Bonchev–Trinajstić information content (AvgIpc) is 2.56. The summed E-state index contributed by atoms with van der Waals surface area (Å²) < 4.78 is 12.9. The Kier molecular flexibility index (Phi) is 6.50. The molecule has 0 saturated carbocycles. The number of nitrogens with one attached hydrogen (secondary N) is 2. The molecule has 0 radical (unpaired) electrons. The predicted octanol–water partition coefficient (Wildman–Crippen LogP) is 2.99. The normalized spacial score (nSPS) is 13.3. The maximum Gasteiger partial charge on any atom is 0.279 e. The predicted molar refractivity (Wildman–Crippen MR) is 95.6 cm³/mol. The van der Waals surface area contributed by atoms with Crippen molar-refractivity contribution in [2.75, 3.05) is 18.9 Å². The van der Waals surface area contributed by atoms with Gasteiger partial charge in [-0.25, -0.2) is 4.39 Å². The number of anilines is 1. The standard InChI is InChI=1S/C20H25FN2O/c1-4-15(2)18-7-5-6-8-19(18)22-20(24)14-23(3)13-16-9-11-17(21)12-10-16/h5-12,15H,4,13-14H2,1-3H3,(H,22,24)/p+1/t15-/m0/s1. The van der Waals surface area contributed by atoms with E-state index in [1.807, 2.05) is 25.2 Å². The number of hydrogen-bond donors (Lipinski definition) is 2. The van der Waals surface area contributed by atoms with Crippen molar-refractivity contribution < 1.29 is 14.1 Å². The molecule has 0 spiro atoms. The Morgan fingerprint density at radius 2 is 1.83 bits per heavy atom. The fraction of sp³-hybridized carbons (Fsp3) is 0.350. The molecule has 1 amide bonds. The third-order valence-corrected chi connectivity index (χ3v) is 4.26. The number of carbonyl (C=O) groups is 1. The van der Waals surface area contributed by atoms with E-state index in [2.05, 4.69) is 25.2 Å². The lowest BCUT2D eigenvalue weighted by molar-refractivity contribution is -0.885. The fourth-order valence-electron chi connectivity index (χ4n) is 2.74. The maximum absolute atomic E-state index is 12.9. The Morgan fingerprint density at radius 1 is 1.17 bits per heavy atom. The largest absolute Gasteiger partial charge is 0.326 e. The van der Waals surface area contributed by atoms with Crippen molar-refractivity contribution in [3.8, 4) is 0 Å². The molecular weight excluding hydrogens is 303 g/mol. The van der Waals surface area contributed by atoms with Crippen LogP contribution in [0.15, 0.2) is 48.5 Å². The molecule has 0 fully saturated rings. The summed E-state index contributed by atoms with van der Waals surface area (Å²) in [7, 11) is 1.96. The third-order valence-electron chi connectivity index (χ3n) is 4.26. The molecule has 2 N–H and O–H groups in total. The summed E-state index contributed by atoms with van der Waals surface area (Å²) in [6.45, 7) is 5.35. The molecule has 0 bridgehead atoms. The van der Waals surface area contributed by atoms with Crippen LogP contribution in [0.3, 0.4) is 0 Å². The van der Waals surface area contributed by atoms with Gasteiger partial charge in [-0.05, 0) is 36.1 Å². The van der Waals surface area contributed by atoms with Gasteiger partial charge < -0.3 is 10.2 Å². The summed E-state index contributed by atoms with van der Waals surface area (Å²) >= 11 is 0. The summed E-state index contributed by atoms with van der Waals surface area (Å²) in [5, 5.41) is 3.03. The van der Waals surface area contributed by atoms with Crippen molar-refractivity contribution in [1.82, 2.24) is 0 Å². The van der Waals surface area contributed by atoms with Crippen LogP contribution in [-0.2, 0) is 11.3 Å². The van der Waals surface area contributed by atoms with Gasteiger partial charge in [0.2, 0.25) is 0 Å². The molecule has 1 unspecified atom stereocenters. The molecule has 2 atom stereocenters. The molecule has 0 aliphatic rings. The number of hydrogen-bond acceptors (Lipinski definition) is 1. The van der Waals surface area contributed by atoms with E-state index in [1.165, 1.54) is 17.7 Å². The molecule has 0 heterocycles. The first-order valence-corrected chi connectivity index (χ1v) is 8.44. The van der Waals surface area contributed by atoms with Crippen LogP contribution in [-0.4, -0.2) is 19.5 Å². The van der Waals surface area contributed by atoms with Crippen molar-refractivity contribution in [3.05, 3.63) is 65.5 Å². The van der Waals surface area contributed by atoms with Gasteiger partial charge in [-0.3, -0.25) is 4.79 Å². The lowest BCUT2D eigenvalue weighted by atomic mass is 9.97. The molecule has 2 aromatic carbocycles. The van der Waals surface area contributed by atoms with Gasteiger partial charge in [0, 0.05) is 11.3 Å². The van der Waals surface area contributed by atoms with Crippen LogP contribution in [0, 0.1) is 5.82 Å². The van der Waals surface area contributed by atoms with E-state index in [9.17, 15) is 9.18 Å². The van der Waals surface area contributed by atoms with E-state index in [0.717, 1.165) is 22.6 Å². The number of halogens is 1. The number of carbonyl (C=O) groups excluding carboxylic acids is 1. The summed E-state index contributed by atoms with van der Waals surface area (Å²) in [5.41, 5.74) is 3.08. The van der Waals surface area contributed by atoms with Gasteiger partial charge in [-0.15, -0.1) is 0 Å². The van der Waals surface area contributed by atoms with Crippen LogP contribution in [0.4, 0.5) is 10.1 Å². The van der Waals surface area contributed by atoms with E-state index in [4.69, 9.17) is 0 Å². The van der Waals surface area contributed by atoms with E-state index in [1.54, 1.807) is 12.1 Å². The monoisotopic (exact) mass is 329 g/mol. The van der Waals surface area contributed by atoms with Gasteiger partial charge in [0.05, 0.1) is 7.05 Å². The molecule has 128 valence electrons. The highest BCUT2D eigenvalue weighted by Gasteiger charge is 2.14. The minimum Gasteiger partial charge on any atom is -0.326 e. The highest BCUT2D eigenvalue weighted by Crippen LogP contribution is 2.26. The van der Waals surface area contributed by atoms with Crippen LogP contribution in [0.1, 0.15) is 37.3 Å². The number of likely N-dealkylation sites (N-methyl/N-ethyl adjacent to an activating group) is 1. The zero-order chi connectivity index (χ0) is 17.5. The van der Waals surface area contributed by atoms with E-state index >= 15 is 0 Å². The molecule has 3 nitrogen and oxygen atoms in total. The molecule has 4 heteroatoms. The number of rotatable bonds is 7. The summed E-state index contributed by atoms with van der Waals surface area (Å²) in [6, 6.07) is 14.4. The van der Waals surface area contributed by atoms with Crippen molar-refractivity contribution in [2.45, 2.75) is 32.7 Å². The van der Waals surface area contributed by atoms with Crippen LogP contribution in [0.5, 0.6) is 0 Å². The zero-order valence-electron chi connectivity index (χ0n) is 14.6. The Bertz CT molecular complexity index is 670. The Balaban J connectivity index is 1.94. The number of benzene rings is 2. The molecule has 2 aromatic rings. The highest BCUT2D eigenvalue weighted by atomic mass is 19.1. The number of amides is 1. The van der Waals surface area contributed by atoms with Crippen molar-refractivity contribution in [3.63, 3.8) is 0 Å². The third kappa shape index (κ3) is 5.17. The van der Waals surface area contributed by atoms with Crippen LogP contribution in [0.25, 0.3) is 0 Å². The van der Waals surface area contributed by atoms with Gasteiger partial charge >= 0.3 is 0 Å². The average molecular weight is 329 g/mol. The summed E-state index contributed by atoms with van der Waals surface area (Å²) in [5.74, 6) is 0.159. The second kappa shape index (κ2) is 8.60. The minimum absolute atomic E-state index is 0.00892. The number of quaternary nitrogens is 1. The number of para-hydroxylation sites is 1. The fourth-order valence-corrected chi connectivity index (χ4v) is 2.74. The maximum atomic E-state index is 12.9. The van der Waals surface area contributed by atoms with Crippen LogP contribution in [0.2, 0.25) is 0 Å². The summed E-state index contributed by atoms with van der Waals surface area (Å²) in [6.07, 6.45) is 1.03. The van der Waals surface area contributed by atoms with Gasteiger partial charge in [0.1, 0.15) is 12.4 Å². The Hall–Kier alpha value is -2.20. The second-order valence-electron chi connectivity index (χ2n) is 6.38. The topological polar surface area (TPSA) is 33.5 Å². The first kappa shape index (κ1) is 18.1. The van der Waals surface area contributed by atoms with Crippen molar-refractivity contribution in [2.24, 2.45) is 0 Å². The Morgan fingerprint density at radius 3 is 2.50 bits per heavy atom. The van der Waals surface area contributed by atoms with E-state index in [-0.39, 0.29) is 11.7 Å². The lowest BCUT2D eigenvalue weighted by Crippen LogP contribution is -3.08. The van der Waals surface area contributed by atoms with Crippen molar-refractivity contribution >= 4 is 11.6 Å². The molecule has 0 aliphatic carbocycles. The van der Waals surface area contributed by atoms with Crippen LogP contribution >= 0.6 is 0 Å². The van der Waals surface area contributed by atoms with Crippen molar-refractivity contribution in [1.29, 1.82) is 0 Å². The molecule has 0 aliphatic heterocycles. The first-order valence-electron chi connectivity index (χ1n) is 8.44. The first-order chi connectivity index (χ1) is 11.5. The van der Waals surface area contributed by atoms with E-state index in [0.29, 0.717) is 19.0 Å². The minimum atomic E-state index is -0.240. The summed E-state index contributed by atoms with van der Waals surface area (Å²) in [4.78, 5) is 13.4. The Labute approximate surface area is 143 Å².